The molecule has 1 aromatic carbocycles. The van der Waals surface area contributed by atoms with Crippen LogP contribution in [0.5, 0.6) is 17.2 Å². The number of benzene rings is 1. The Balaban J connectivity index is 1.97. The molecule has 1 aromatic rings. The summed E-state index contributed by atoms with van der Waals surface area (Å²) < 4.78 is 0. The molecule has 3 N–H and O–H groups in total. The van der Waals surface area contributed by atoms with Gasteiger partial charge in [-0.05, 0) is 24.5 Å². The SMILES string of the molecule is CCCCCCCCCCCCCCc1ccc(O)c(O)c1O. The van der Waals surface area contributed by atoms with Crippen LogP contribution in [-0.4, -0.2) is 15.3 Å². The summed E-state index contributed by atoms with van der Waals surface area (Å²) in [4.78, 5) is 0. The number of phenolic OH excluding ortho intramolecular Hbond substituents is 3. The monoisotopic (exact) mass is 322 g/mol. The third-order valence-corrected chi connectivity index (χ3v) is 4.51. The number of aromatic hydroxyl groups is 3. The summed E-state index contributed by atoms with van der Waals surface area (Å²) in [6.45, 7) is 2.26. The second-order valence-corrected chi connectivity index (χ2v) is 6.58. The van der Waals surface area contributed by atoms with E-state index in [0.29, 0.717) is 5.56 Å². The number of aryl methyl sites for hydroxylation is 1. The maximum atomic E-state index is 9.75. The van der Waals surface area contributed by atoms with Crippen LogP contribution in [-0.2, 0) is 6.42 Å². The van der Waals surface area contributed by atoms with Gasteiger partial charge in [-0.1, -0.05) is 83.6 Å². The molecule has 23 heavy (non-hydrogen) atoms. The average Bonchev–Trinajstić information content (AvgIpc) is 2.55. The second-order valence-electron chi connectivity index (χ2n) is 6.58. The molecule has 0 aliphatic carbocycles. The fraction of sp³-hybridized carbons (Fsp3) is 0.700. The van der Waals surface area contributed by atoms with Gasteiger partial charge in [-0.25, -0.2) is 0 Å². The summed E-state index contributed by atoms with van der Waals surface area (Å²) >= 11 is 0. The van der Waals surface area contributed by atoms with E-state index in [1.165, 1.54) is 70.3 Å². The quantitative estimate of drug-likeness (QED) is 0.306. The Bertz CT molecular complexity index is 429. The second kappa shape index (κ2) is 12.1. The van der Waals surface area contributed by atoms with Crippen molar-refractivity contribution in [2.45, 2.75) is 90.4 Å². The number of phenols is 3. The zero-order chi connectivity index (χ0) is 16.9. The van der Waals surface area contributed by atoms with Crippen molar-refractivity contribution in [3.05, 3.63) is 17.7 Å². The molecule has 0 bridgehead atoms. The smallest absolute Gasteiger partial charge is 0.200 e. The molecule has 0 saturated heterocycles. The third kappa shape index (κ3) is 8.15. The van der Waals surface area contributed by atoms with Crippen molar-refractivity contribution in [1.29, 1.82) is 0 Å². The van der Waals surface area contributed by atoms with Crippen molar-refractivity contribution in [2.75, 3.05) is 0 Å². The summed E-state index contributed by atoms with van der Waals surface area (Å²) in [5, 5.41) is 28.5. The van der Waals surface area contributed by atoms with Crippen molar-refractivity contribution >= 4 is 0 Å². The minimum absolute atomic E-state index is 0.173. The molecule has 0 unspecified atom stereocenters. The molecule has 3 heteroatoms. The molecule has 0 spiro atoms. The van der Waals surface area contributed by atoms with Gasteiger partial charge in [0.25, 0.3) is 0 Å². The highest BCUT2D eigenvalue weighted by Crippen LogP contribution is 2.37. The number of hydrogen-bond donors (Lipinski definition) is 3. The van der Waals surface area contributed by atoms with Gasteiger partial charge < -0.3 is 15.3 Å². The molecule has 0 atom stereocenters. The van der Waals surface area contributed by atoms with Crippen LogP contribution in [0.3, 0.4) is 0 Å². The Labute approximate surface area is 141 Å². The highest BCUT2D eigenvalue weighted by molar-refractivity contribution is 5.53. The van der Waals surface area contributed by atoms with Crippen LogP contribution < -0.4 is 0 Å². The Morgan fingerprint density at radius 1 is 0.609 bits per heavy atom. The molecule has 0 amide bonds. The lowest BCUT2D eigenvalue weighted by atomic mass is 10.0. The molecule has 3 nitrogen and oxygen atoms in total. The highest BCUT2D eigenvalue weighted by atomic mass is 16.3. The largest absolute Gasteiger partial charge is 0.504 e. The first-order valence-electron chi connectivity index (χ1n) is 9.39. The van der Waals surface area contributed by atoms with E-state index >= 15 is 0 Å². The van der Waals surface area contributed by atoms with Gasteiger partial charge in [0.05, 0.1) is 0 Å². The molecule has 0 aromatic heterocycles. The molecule has 1 rings (SSSR count). The van der Waals surface area contributed by atoms with Crippen LogP contribution in [0.4, 0.5) is 0 Å². The van der Waals surface area contributed by atoms with Gasteiger partial charge in [-0.3, -0.25) is 0 Å². The average molecular weight is 322 g/mol. The molecule has 0 heterocycles. The molecule has 0 aliphatic heterocycles. The van der Waals surface area contributed by atoms with E-state index in [4.69, 9.17) is 0 Å². The first-order chi connectivity index (χ1) is 11.2. The van der Waals surface area contributed by atoms with Gasteiger partial charge in [-0.2, -0.15) is 0 Å². The lowest BCUT2D eigenvalue weighted by Crippen LogP contribution is -1.88. The Hall–Kier alpha value is -1.38. The van der Waals surface area contributed by atoms with Crippen molar-refractivity contribution in [1.82, 2.24) is 0 Å². The lowest BCUT2D eigenvalue weighted by Gasteiger charge is -2.07. The normalized spacial score (nSPS) is 11.0. The van der Waals surface area contributed by atoms with Gasteiger partial charge in [0.2, 0.25) is 5.75 Å². The van der Waals surface area contributed by atoms with E-state index in [0.717, 1.165) is 19.3 Å². The number of unbranched alkanes of at least 4 members (excludes halogenated alkanes) is 11. The van der Waals surface area contributed by atoms with Crippen molar-refractivity contribution in [2.24, 2.45) is 0 Å². The molecule has 0 fully saturated rings. The fourth-order valence-electron chi connectivity index (χ4n) is 2.97. The molecule has 0 saturated carbocycles. The Morgan fingerprint density at radius 3 is 1.61 bits per heavy atom. The van der Waals surface area contributed by atoms with E-state index in [-0.39, 0.29) is 11.5 Å². The minimum Gasteiger partial charge on any atom is -0.504 e. The Morgan fingerprint density at radius 2 is 1.09 bits per heavy atom. The maximum absolute atomic E-state index is 9.75. The summed E-state index contributed by atoms with van der Waals surface area (Å²) in [5.74, 6) is -0.838. The van der Waals surface area contributed by atoms with Gasteiger partial charge in [0.1, 0.15) is 0 Å². The predicted octanol–water partition coefficient (Wildman–Crippen LogP) is 6.05. The van der Waals surface area contributed by atoms with Gasteiger partial charge in [0.15, 0.2) is 11.5 Å². The molecule has 0 aliphatic rings. The number of hydrogen-bond acceptors (Lipinski definition) is 3. The topological polar surface area (TPSA) is 60.7 Å². The molecule has 0 radical (unpaired) electrons. The summed E-state index contributed by atoms with van der Waals surface area (Å²) in [5.41, 5.74) is 0.715. The van der Waals surface area contributed by atoms with E-state index in [2.05, 4.69) is 6.92 Å². The van der Waals surface area contributed by atoms with E-state index < -0.39 is 5.75 Å². The van der Waals surface area contributed by atoms with E-state index in [1.54, 1.807) is 6.07 Å². The standard InChI is InChI=1S/C20H34O3/c1-2-3-4-5-6-7-8-9-10-11-12-13-14-17-15-16-18(21)20(23)19(17)22/h15-16,21-23H,2-14H2,1H3. The maximum Gasteiger partial charge on any atom is 0.200 e. The zero-order valence-corrected chi connectivity index (χ0v) is 14.7. The third-order valence-electron chi connectivity index (χ3n) is 4.51. The van der Waals surface area contributed by atoms with Gasteiger partial charge in [0, 0.05) is 0 Å². The van der Waals surface area contributed by atoms with Crippen LogP contribution >= 0.6 is 0 Å². The van der Waals surface area contributed by atoms with Crippen molar-refractivity contribution in [3.63, 3.8) is 0 Å². The van der Waals surface area contributed by atoms with Crippen molar-refractivity contribution in [3.8, 4) is 17.2 Å². The van der Waals surface area contributed by atoms with Crippen LogP contribution in [0.15, 0.2) is 12.1 Å². The van der Waals surface area contributed by atoms with E-state index in [1.807, 2.05) is 0 Å². The van der Waals surface area contributed by atoms with Crippen molar-refractivity contribution < 1.29 is 15.3 Å². The molecular weight excluding hydrogens is 288 g/mol. The van der Waals surface area contributed by atoms with Gasteiger partial charge in [-0.15, -0.1) is 0 Å². The van der Waals surface area contributed by atoms with Crippen LogP contribution in [0.25, 0.3) is 0 Å². The van der Waals surface area contributed by atoms with Crippen LogP contribution in [0, 0.1) is 0 Å². The number of rotatable bonds is 13. The predicted molar refractivity (Wildman–Crippen MR) is 96.2 cm³/mol. The fourth-order valence-corrected chi connectivity index (χ4v) is 2.97. The summed E-state index contributed by atoms with van der Waals surface area (Å²) in [7, 11) is 0. The zero-order valence-electron chi connectivity index (χ0n) is 14.7. The minimum atomic E-state index is -0.401. The summed E-state index contributed by atoms with van der Waals surface area (Å²) in [6.07, 6.45) is 16.4. The first-order valence-corrected chi connectivity index (χ1v) is 9.39. The van der Waals surface area contributed by atoms with Crippen LogP contribution in [0.1, 0.15) is 89.5 Å². The summed E-state index contributed by atoms with van der Waals surface area (Å²) in [6, 6.07) is 3.12. The molecular formula is C20H34O3. The van der Waals surface area contributed by atoms with E-state index in [9.17, 15) is 15.3 Å². The molecule has 132 valence electrons. The lowest BCUT2D eigenvalue weighted by molar-refractivity contribution is 0.364. The van der Waals surface area contributed by atoms with Crippen LogP contribution in [0.2, 0.25) is 0 Å². The highest BCUT2D eigenvalue weighted by Gasteiger charge is 2.10. The first kappa shape index (κ1) is 19.7. The Kier molecular flexibility index (Phi) is 10.3. The van der Waals surface area contributed by atoms with Gasteiger partial charge >= 0.3 is 0 Å².